The molecule has 8 aromatic carbocycles. The summed E-state index contributed by atoms with van der Waals surface area (Å²) < 4.78 is 3.95. The molecule has 0 bridgehead atoms. The lowest BCUT2D eigenvalue weighted by atomic mass is 9.82. The van der Waals surface area contributed by atoms with E-state index in [2.05, 4.69) is 152 Å². The highest BCUT2D eigenvalue weighted by Crippen LogP contribution is 2.54. The predicted molar refractivity (Wildman–Crippen MR) is 228 cm³/mol. The topological polar surface area (TPSA) is 25.8 Å². The van der Waals surface area contributed by atoms with E-state index in [1.807, 2.05) is 11.3 Å². The van der Waals surface area contributed by atoms with Gasteiger partial charge in [0.15, 0.2) is 0 Å². The van der Waals surface area contributed by atoms with Crippen LogP contribution < -0.4 is 0 Å². The minimum absolute atomic E-state index is 0.0208. The molecule has 11 aromatic rings. The average Bonchev–Trinajstić information content (AvgIpc) is 3.74. The quantitative estimate of drug-likeness (QED) is 0.178. The molecule has 12 rings (SSSR count). The molecule has 0 spiro atoms. The van der Waals surface area contributed by atoms with Crippen LogP contribution in [0.15, 0.2) is 152 Å². The number of hydrogen-bond acceptors (Lipinski definition) is 4. The second kappa shape index (κ2) is 11.3. The Morgan fingerprint density at radius 1 is 0.528 bits per heavy atom. The fourth-order valence-electron chi connectivity index (χ4n) is 9.11. The van der Waals surface area contributed by atoms with Gasteiger partial charge in [0.25, 0.3) is 0 Å². The molecule has 3 heterocycles. The normalized spacial score (nSPS) is 14.5. The highest BCUT2D eigenvalue weighted by Gasteiger charge is 2.33. The van der Waals surface area contributed by atoms with E-state index in [1.54, 1.807) is 11.3 Å². The Labute approximate surface area is 313 Å². The first kappa shape index (κ1) is 29.6. The van der Waals surface area contributed by atoms with E-state index >= 15 is 0 Å². The molecule has 0 fully saturated rings. The lowest BCUT2D eigenvalue weighted by molar-refractivity contribution is 0.712. The number of fused-ring (bicyclic) bond motifs is 16. The highest BCUT2D eigenvalue weighted by atomic mass is 32.1. The van der Waals surface area contributed by atoms with Crippen molar-refractivity contribution in [1.29, 1.82) is 0 Å². The number of hydrogen-bond donors (Lipinski definition) is 0. The van der Waals surface area contributed by atoms with E-state index in [-0.39, 0.29) is 5.92 Å². The van der Waals surface area contributed by atoms with Gasteiger partial charge in [-0.25, -0.2) is 9.97 Å². The zero-order chi connectivity index (χ0) is 34.6. The van der Waals surface area contributed by atoms with E-state index in [1.165, 1.54) is 84.8 Å². The first-order valence-electron chi connectivity index (χ1n) is 18.3. The molecule has 0 amide bonds. The van der Waals surface area contributed by atoms with Gasteiger partial charge in [-0.1, -0.05) is 140 Å². The molecule has 248 valence electrons. The van der Waals surface area contributed by atoms with Crippen LogP contribution in [0.5, 0.6) is 0 Å². The van der Waals surface area contributed by atoms with Gasteiger partial charge in [-0.3, -0.25) is 0 Å². The molecule has 53 heavy (non-hydrogen) atoms. The molecule has 1 unspecified atom stereocenters. The summed E-state index contributed by atoms with van der Waals surface area (Å²) in [7, 11) is 0. The third kappa shape index (κ3) is 4.31. The molecule has 0 radical (unpaired) electrons. The van der Waals surface area contributed by atoms with Crippen LogP contribution in [0.25, 0.3) is 95.3 Å². The molecule has 1 aliphatic rings. The summed E-state index contributed by atoms with van der Waals surface area (Å²) in [4.78, 5) is 12.4. The number of benzene rings is 8. The summed E-state index contributed by atoms with van der Waals surface area (Å²) in [6.07, 6.45) is 1.90. The van der Waals surface area contributed by atoms with Crippen LogP contribution in [0, 0.1) is 0 Å². The summed E-state index contributed by atoms with van der Waals surface area (Å²) in [5.74, 6) is 0.0208. The van der Waals surface area contributed by atoms with Crippen LogP contribution in [0.3, 0.4) is 0 Å². The summed E-state index contributed by atoms with van der Waals surface area (Å²) in [6.45, 7) is 0. The lowest BCUT2D eigenvalue weighted by Gasteiger charge is -2.23. The predicted octanol–water partition coefficient (Wildman–Crippen LogP) is 14.1. The van der Waals surface area contributed by atoms with E-state index < -0.39 is 0 Å². The summed E-state index contributed by atoms with van der Waals surface area (Å²) in [5, 5.41) is 11.5. The van der Waals surface area contributed by atoms with Gasteiger partial charge in [0.1, 0.15) is 10.3 Å². The monoisotopic (exact) mass is 710 g/mol. The molecule has 0 aliphatic heterocycles. The van der Waals surface area contributed by atoms with Crippen molar-refractivity contribution in [3.63, 3.8) is 0 Å². The SMILES string of the molecule is c1ccc2c(c1)CCC(c1nc3sc4ccccc4c3nc1-c1ccc3ccccc3c1)c1c-2c2ccccc2c2c1sc1c3ccccc3ccc12. The van der Waals surface area contributed by atoms with Gasteiger partial charge in [-0.15, -0.1) is 22.7 Å². The zero-order valence-electron chi connectivity index (χ0n) is 28.6. The molecule has 0 N–H and O–H groups in total. The van der Waals surface area contributed by atoms with Crippen molar-refractivity contribution in [3.8, 4) is 22.4 Å². The van der Waals surface area contributed by atoms with Crippen LogP contribution in [0.1, 0.15) is 29.2 Å². The number of aromatic nitrogens is 2. The number of thiophene rings is 2. The van der Waals surface area contributed by atoms with Gasteiger partial charge >= 0.3 is 0 Å². The van der Waals surface area contributed by atoms with Crippen LogP contribution in [0.4, 0.5) is 0 Å². The fraction of sp³-hybridized carbons (Fsp3) is 0.0612. The first-order valence-corrected chi connectivity index (χ1v) is 20.0. The molecular weight excluding hydrogens is 681 g/mol. The Morgan fingerprint density at radius 2 is 1.25 bits per heavy atom. The number of aryl methyl sites for hydroxylation is 1. The van der Waals surface area contributed by atoms with Gasteiger partial charge in [0.2, 0.25) is 0 Å². The van der Waals surface area contributed by atoms with Gasteiger partial charge in [-0.2, -0.15) is 0 Å². The van der Waals surface area contributed by atoms with Gasteiger partial charge in [-0.05, 0) is 79.5 Å². The molecule has 3 aromatic heterocycles. The maximum absolute atomic E-state index is 5.75. The Morgan fingerprint density at radius 3 is 2.15 bits per heavy atom. The Bertz CT molecular complexity index is 3310. The van der Waals surface area contributed by atoms with Crippen molar-refractivity contribution in [2.24, 2.45) is 0 Å². The van der Waals surface area contributed by atoms with Crippen LogP contribution in [-0.4, -0.2) is 9.97 Å². The Hall–Kier alpha value is -5.94. The van der Waals surface area contributed by atoms with E-state index in [9.17, 15) is 0 Å². The first-order chi connectivity index (χ1) is 26.3. The Balaban J connectivity index is 1.26. The van der Waals surface area contributed by atoms with Gasteiger partial charge in [0, 0.05) is 41.7 Å². The summed E-state index contributed by atoms with van der Waals surface area (Å²) in [5.41, 5.74) is 9.66. The third-order valence-corrected chi connectivity index (χ3v) is 13.8. The largest absolute Gasteiger partial charge is 0.243 e. The highest BCUT2D eigenvalue weighted by molar-refractivity contribution is 7.27. The Kier molecular flexibility index (Phi) is 6.30. The van der Waals surface area contributed by atoms with Crippen molar-refractivity contribution in [3.05, 3.63) is 168 Å². The summed E-state index contributed by atoms with van der Waals surface area (Å²) in [6, 6.07) is 55.8. The molecular formula is C49H30N2S2. The van der Waals surface area contributed by atoms with Gasteiger partial charge in [0.05, 0.1) is 11.4 Å². The standard InChI is InChI=1S/C49H30N2S2/c1-2-14-31-27-32(22-21-28(31)11-1)44-45(51-49-46(50-44)37-19-9-10-20-40(37)52-49)38-25-23-29-12-3-5-15-33(29)41-35-17-7-8-18-36(35)42-39-26-24-30-13-4-6-16-34(30)47(39)53-48(42)43(38)41/h1-22,24,26-27,38H,23,25H2. The van der Waals surface area contributed by atoms with Gasteiger partial charge < -0.3 is 0 Å². The molecule has 0 saturated carbocycles. The second-order valence-corrected chi connectivity index (χ2v) is 16.4. The summed E-state index contributed by atoms with van der Waals surface area (Å²) >= 11 is 3.73. The molecule has 4 heteroatoms. The van der Waals surface area contributed by atoms with Crippen LogP contribution in [-0.2, 0) is 6.42 Å². The maximum atomic E-state index is 5.75. The minimum atomic E-state index is 0.0208. The third-order valence-electron chi connectivity index (χ3n) is 11.5. The van der Waals surface area contributed by atoms with E-state index in [0.717, 1.165) is 40.1 Å². The maximum Gasteiger partial charge on any atom is 0.143 e. The second-order valence-electron chi connectivity index (χ2n) is 14.3. The van der Waals surface area contributed by atoms with Crippen molar-refractivity contribution < 1.29 is 0 Å². The lowest BCUT2D eigenvalue weighted by Crippen LogP contribution is -2.09. The van der Waals surface area contributed by atoms with E-state index in [0.29, 0.717) is 0 Å². The van der Waals surface area contributed by atoms with E-state index in [4.69, 9.17) is 9.97 Å². The van der Waals surface area contributed by atoms with Crippen LogP contribution in [0.2, 0.25) is 0 Å². The molecule has 0 saturated heterocycles. The molecule has 1 aliphatic carbocycles. The fourth-order valence-corrected chi connectivity index (χ4v) is 11.6. The number of nitrogens with zero attached hydrogens (tertiary/aromatic N) is 2. The number of rotatable bonds is 2. The average molecular weight is 711 g/mol. The van der Waals surface area contributed by atoms with Crippen molar-refractivity contribution in [2.75, 3.05) is 0 Å². The smallest absolute Gasteiger partial charge is 0.143 e. The van der Waals surface area contributed by atoms with Crippen LogP contribution >= 0.6 is 22.7 Å². The molecule has 1 atom stereocenters. The van der Waals surface area contributed by atoms with Crippen molar-refractivity contribution in [1.82, 2.24) is 9.97 Å². The van der Waals surface area contributed by atoms with Crippen molar-refractivity contribution in [2.45, 2.75) is 18.8 Å². The minimum Gasteiger partial charge on any atom is -0.243 e. The van der Waals surface area contributed by atoms with Crippen molar-refractivity contribution >= 4 is 95.6 Å². The molecule has 2 nitrogen and oxygen atoms in total. The zero-order valence-corrected chi connectivity index (χ0v) is 30.3.